The van der Waals surface area contributed by atoms with E-state index >= 15 is 0 Å². The second kappa shape index (κ2) is 5.09. The van der Waals surface area contributed by atoms with Crippen LogP contribution in [0.25, 0.3) is 0 Å². The van der Waals surface area contributed by atoms with E-state index in [1.54, 1.807) is 4.91 Å². The van der Waals surface area contributed by atoms with Gasteiger partial charge in [-0.2, -0.15) is 0 Å². The van der Waals surface area contributed by atoms with E-state index < -0.39 is 0 Å². The minimum atomic E-state index is 0.508. The van der Waals surface area contributed by atoms with Crippen LogP contribution in [0.5, 0.6) is 0 Å². The molecule has 1 aliphatic carbocycles. The van der Waals surface area contributed by atoms with Crippen LogP contribution in [0.2, 0.25) is 0 Å². The van der Waals surface area contributed by atoms with Gasteiger partial charge in [0.1, 0.15) is 0 Å². The molecule has 0 nitrogen and oxygen atoms in total. The van der Waals surface area contributed by atoms with E-state index in [4.69, 9.17) is 0 Å². The van der Waals surface area contributed by atoms with Crippen molar-refractivity contribution in [2.75, 3.05) is 0 Å². The molecule has 1 aromatic carbocycles. The molecule has 0 radical (unpaired) electrons. The summed E-state index contributed by atoms with van der Waals surface area (Å²) in [5.41, 5.74) is 1.94. The molecule has 0 fully saturated rings. The number of rotatable bonds is 3. The first kappa shape index (κ1) is 11.8. The van der Waals surface area contributed by atoms with E-state index in [2.05, 4.69) is 50.3 Å². The second-order valence-corrected chi connectivity index (χ2v) is 6.43. The highest BCUT2D eigenvalue weighted by Crippen LogP contribution is 2.40. The molecule has 0 saturated heterocycles. The van der Waals surface area contributed by atoms with Crippen LogP contribution in [0.3, 0.4) is 0 Å². The van der Waals surface area contributed by atoms with Crippen molar-refractivity contribution in [2.45, 2.75) is 38.9 Å². The molecule has 1 heteroatoms. The van der Waals surface area contributed by atoms with E-state index in [1.807, 2.05) is 11.8 Å². The Kier molecular flexibility index (Phi) is 3.75. The third-order valence-corrected chi connectivity index (χ3v) is 4.27. The smallest absolute Gasteiger partial charge is 0.0228 e. The second-order valence-electron chi connectivity index (χ2n) is 5.32. The van der Waals surface area contributed by atoms with Gasteiger partial charge in [-0.15, -0.1) is 11.8 Å². The van der Waals surface area contributed by atoms with Gasteiger partial charge in [0.05, 0.1) is 0 Å². The summed E-state index contributed by atoms with van der Waals surface area (Å²) in [5, 5.41) is 0. The van der Waals surface area contributed by atoms with Gasteiger partial charge in [0.2, 0.25) is 0 Å². The lowest BCUT2D eigenvalue weighted by Gasteiger charge is -2.29. The van der Waals surface area contributed by atoms with Crippen LogP contribution in [-0.4, -0.2) is 0 Å². The maximum Gasteiger partial charge on any atom is 0.0228 e. The molecule has 0 spiro atoms. The molecule has 0 heterocycles. The minimum Gasteiger partial charge on any atom is -0.126 e. The van der Waals surface area contributed by atoms with Crippen LogP contribution in [0.15, 0.2) is 41.3 Å². The van der Waals surface area contributed by atoms with E-state index in [0.29, 0.717) is 5.41 Å². The van der Waals surface area contributed by atoms with Gasteiger partial charge in [-0.05, 0) is 35.1 Å². The summed E-state index contributed by atoms with van der Waals surface area (Å²) in [5.74, 6) is 1.11. The first-order valence-corrected chi connectivity index (χ1v) is 7.00. The van der Waals surface area contributed by atoms with Crippen LogP contribution in [-0.2, 0) is 5.75 Å². The Bertz CT molecular complexity index is 362. The Morgan fingerprint density at radius 1 is 1.19 bits per heavy atom. The summed E-state index contributed by atoms with van der Waals surface area (Å²) < 4.78 is 0. The molecule has 86 valence electrons. The number of hydrogen-bond donors (Lipinski definition) is 0. The standard InChI is InChI=1S/C15H20S/c1-15(2)10-6-9-14(11-15)16-12-13-7-4-3-5-8-13/h3-5,7-9H,6,10-12H2,1-2H3. The fourth-order valence-corrected chi connectivity index (χ4v) is 3.39. The zero-order valence-corrected chi connectivity index (χ0v) is 11.0. The predicted octanol–water partition coefficient (Wildman–Crippen LogP) is 5.01. The fourth-order valence-electron chi connectivity index (χ4n) is 2.12. The lowest BCUT2D eigenvalue weighted by atomic mass is 9.81. The van der Waals surface area contributed by atoms with Crippen LogP contribution < -0.4 is 0 Å². The van der Waals surface area contributed by atoms with Crippen LogP contribution in [0, 0.1) is 5.41 Å². The molecule has 0 atom stereocenters. The first-order valence-electron chi connectivity index (χ1n) is 6.01. The topological polar surface area (TPSA) is 0 Å². The monoisotopic (exact) mass is 232 g/mol. The molecular weight excluding hydrogens is 212 g/mol. The Hall–Kier alpha value is -0.690. The van der Waals surface area contributed by atoms with Crippen molar-refractivity contribution in [3.8, 4) is 0 Å². The first-order chi connectivity index (χ1) is 7.66. The van der Waals surface area contributed by atoms with E-state index in [0.717, 1.165) is 5.75 Å². The zero-order chi connectivity index (χ0) is 11.4. The summed E-state index contributed by atoms with van der Waals surface area (Å²) in [6, 6.07) is 10.7. The van der Waals surface area contributed by atoms with Crippen molar-refractivity contribution >= 4 is 11.8 Å². The van der Waals surface area contributed by atoms with Gasteiger partial charge in [0, 0.05) is 5.75 Å². The summed E-state index contributed by atoms with van der Waals surface area (Å²) in [7, 11) is 0. The highest BCUT2D eigenvalue weighted by Gasteiger charge is 2.22. The van der Waals surface area contributed by atoms with Crippen LogP contribution in [0.1, 0.15) is 38.7 Å². The van der Waals surface area contributed by atoms with E-state index in [9.17, 15) is 0 Å². The van der Waals surface area contributed by atoms with E-state index in [-0.39, 0.29) is 0 Å². The van der Waals surface area contributed by atoms with Gasteiger partial charge in [0.25, 0.3) is 0 Å². The quantitative estimate of drug-likeness (QED) is 0.705. The highest BCUT2D eigenvalue weighted by atomic mass is 32.2. The molecular formula is C15H20S. The average Bonchev–Trinajstić information content (AvgIpc) is 2.27. The van der Waals surface area contributed by atoms with Crippen molar-refractivity contribution in [3.05, 3.63) is 46.9 Å². The summed E-state index contributed by atoms with van der Waals surface area (Å²) in [6.45, 7) is 4.76. The lowest BCUT2D eigenvalue weighted by Crippen LogP contribution is -2.14. The van der Waals surface area contributed by atoms with Gasteiger partial charge in [-0.25, -0.2) is 0 Å². The molecule has 0 saturated carbocycles. The van der Waals surface area contributed by atoms with Crippen molar-refractivity contribution in [3.63, 3.8) is 0 Å². The molecule has 0 bridgehead atoms. The largest absolute Gasteiger partial charge is 0.126 e. The molecule has 1 aromatic rings. The van der Waals surface area contributed by atoms with Crippen LogP contribution >= 0.6 is 11.8 Å². The maximum absolute atomic E-state index is 2.43. The molecule has 0 unspecified atom stereocenters. The third-order valence-electron chi connectivity index (χ3n) is 3.11. The zero-order valence-electron chi connectivity index (χ0n) is 10.2. The summed E-state index contributed by atoms with van der Waals surface area (Å²) >= 11 is 2.01. The minimum absolute atomic E-state index is 0.508. The molecule has 0 N–H and O–H groups in total. The highest BCUT2D eigenvalue weighted by molar-refractivity contribution is 8.02. The Morgan fingerprint density at radius 2 is 1.94 bits per heavy atom. The van der Waals surface area contributed by atoms with Crippen molar-refractivity contribution in [1.29, 1.82) is 0 Å². The lowest BCUT2D eigenvalue weighted by molar-refractivity contribution is 0.328. The van der Waals surface area contributed by atoms with Crippen molar-refractivity contribution in [1.82, 2.24) is 0 Å². The summed E-state index contributed by atoms with van der Waals surface area (Å²) in [4.78, 5) is 1.58. The van der Waals surface area contributed by atoms with Crippen LogP contribution in [0.4, 0.5) is 0 Å². The fraction of sp³-hybridized carbons (Fsp3) is 0.467. The number of hydrogen-bond acceptors (Lipinski definition) is 1. The Morgan fingerprint density at radius 3 is 2.62 bits per heavy atom. The van der Waals surface area contributed by atoms with Crippen molar-refractivity contribution in [2.24, 2.45) is 5.41 Å². The average molecular weight is 232 g/mol. The predicted molar refractivity (Wildman–Crippen MR) is 73.5 cm³/mol. The van der Waals surface area contributed by atoms with Gasteiger partial charge < -0.3 is 0 Å². The molecule has 1 aliphatic rings. The molecule has 16 heavy (non-hydrogen) atoms. The van der Waals surface area contributed by atoms with Gasteiger partial charge in [0.15, 0.2) is 0 Å². The Labute approximate surface area is 103 Å². The summed E-state index contributed by atoms with van der Waals surface area (Å²) in [6.07, 6.45) is 6.27. The molecule has 2 rings (SSSR count). The normalized spacial score (nSPS) is 19.2. The van der Waals surface area contributed by atoms with E-state index in [1.165, 1.54) is 24.8 Å². The third kappa shape index (κ3) is 3.41. The Balaban J connectivity index is 1.89. The number of allylic oxidation sites excluding steroid dienone is 2. The SMILES string of the molecule is CC1(C)CCC=C(SCc2ccccc2)C1. The number of benzene rings is 1. The molecule has 0 amide bonds. The van der Waals surface area contributed by atoms with Gasteiger partial charge in [-0.3, -0.25) is 0 Å². The van der Waals surface area contributed by atoms with Gasteiger partial charge in [-0.1, -0.05) is 50.3 Å². The molecule has 0 aliphatic heterocycles. The molecule has 0 aromatic heterocycles. The maximum atomic E-state index is 2.43. The van der Waals surface area contributed by atoms with Gasteiger partial charge >= 0.3 is 0 Å². The van der Waals surface area contributed by atoms with Crippen molar-refractivity contribution < 1.29 is 0 Å². The number of thioether (sulfide) groups is 1.